The van der Waals surface area contributed by atoms with E-state index < -0.39 is 42.3 Å². The zero-order chi connectivity index (χ0) is 22.5. The van der Waals surface area contributed by atoms with Crippen LogP contribution in [0.2, 0.25) is 0 Å². The van der Waals surface area contributed by atoms with Gasteiger partial charge in [-0.15, -0.1) is 0 Å². The number of carboxylic acid groups (broad SMARTS) is 1. The van der Waals surface area contributed by atoms with Crippen LogP contribution in [0.5, 0.6) is 0 Å². The molecule has 0 saturated heterocycles. The summed E-state index contributed by atoms with van der Waals surface area (Å²) < 4.78 is 0. The van der Waals surface area contributed by atoms with Gasteiger partial charge in [0, 0.05) is 24.9 Å². The molecular weight excluding hydrogens is 398 g/mol. The van der Waals surface area contributed by atoms with Crippen molar-refractivity contribution < 1.29 is 24.3 Å². The molecule has 0 aromatic carbocycles. The number of aromatic nitrogens is 2. The van der Waals surface area contributed by atoms with E-state index in [0.717, 1.165) is 0 Å². The fourth-order valence-corrected chi connectivity index (χ4v) is 2.41. The average molecular weight is 425 g/mol. The summed E-state index contributed by atoms with van der Waals surface area (Å²) in [7, 11) is 0. The molecule has 2 unspecified atom stereocenters. The van der Waals surface area contributed by atoms with Crippen molar-refractivity contribution in [3.05, 3.63) is 18.2 Å². The molecule has 1 rings (SSSR count). The smallest absolute Gasteiger partial charge is 0.322 e. The lowest BCUT2D eigenvalue weighted by Gasteiger charge is -2.22. The van der Waals surface area contributed by atoms with E-state index in [1.165, 1.54) is 12.5 Å². The number of nitrogens with one attached hydrogen (secondary N) is 4. The fourth-order valence-electron chi connectivity index (χ4n) is 2.41. The number of nitrogens with zero attached hydrogens (tertiary/aromatic N) is 2. The number of nitrogens with two attached hydrogens (primary N) is 3. The zero-order valence-electron chi connectivity index (χ0n) is 16.3. The Kier molecular flexibility index (Phi) is 10.3. The van der Waals surface area contributed by atoms with Gasteiger partial charge in [-0.05, 0) is 12.8 Å². The Bertz CT molecular complexity index is 746. The number of imidazole rings is 1. The molecule has 11 N–H and O–H groups in total. The number of aliphatic imine (C=N–C) groups is 1. The monoisotopic (exact) mass is 425 g/mol. The number of carbonyl (C=O) groups is 4. The molecule has 1 aromatic rings. The predicted octanol–water partition coefficient (Wildman–Crippen LogP) is -3.87. The maximum atomic E-state index is 12.7. The highest BCUT2D eigenvalue weighted by Crippen LogP contribution is 2.03. The quantitative estimate of drug-likeness (QED) is 0.0873. The van der Waals surface area contributed by atoms with Gasteiger partial charge in [-0.3, -0.25) is 24.2 Å². The molecular formula is C16H27N9O5. The topological polar surface area (TPSA) is 244 Å². The van der Waals surface area contributed by atoms with E-state index in [1.54, 1.807) is 0 Å². The molecule has 0 saturated carbocycles. The predicted molar refractivity (Wildman–Crippen MR) is 106 cm³/mol. The van der Waals surface area contributed by atoms with Crippen molar-refractivity contribution in [1.82, 2.24) is 25.9 Å². The number of guanidine groups is 1. The molecule has 3 amide bonds. The van der Waals surface area contributed by atoms with Gasteiger partial charge in [0.25, 0.3) is 0 Å². The third-order valence-corrected chi connectivity index (χ3v) is 3.81. The normalized spacial score (nSPS) is 12.3. The van der Waals surface area contributed by atoms with Gasteiger partial charge in [-0.2, -0.15) is 0 Å². The first-order valence-corrected chi connectivity index (χ1v) is 9.04. The average Bonchev–Trinajstić information content (AvgIpc) is 3.20. The maximum absolute atomic E-state index is 12.7. The van der Waals surface area contributed by atoms with Crippen LogP contribution in [0.3, 0.4) is 0 Å². The second-order valence-corrected chi connectivity index (χ2v) is 6.23. The highest BCUT2D eigenvalue weighted by Gasteiger charge is 2.27. The number of aromatic amines is 1. The summed E-state index contributed by atoms with van der Waals surface area (Å²) in [5, 5.41) is 16.0. The Hall–Kier alpha value is -3.68. The Morgan fingerprint density at radius 1 is 1.17 bits per heavy atom. The zero-order valence-corrected chi connectivity index (χ0v) is 16.3. The molecule has 0 fully saturated rings. The van der Waals surface area contributed by atoms with E-state index >= 15 is 0 Å². The number of carbonyl (C=O) groups excluding carboxylic acids is 3. The SMILES string of the molecule is NCC(=O)NC(Cc1cnc[nH]1)C(=O)NC(CCCN=C(N)N)C(=O)NCC(=O)O. The lowest BCUT2D eigenvalue weighted by molar-refractivity contribution is -0.138. The van der Waals surface area contributed by atoms with E-state index in [1.807, 2.05) is 0 Å². The Morgan fingerprint density at radius 2 is 1.90 bits per heavy atom. The van der Waals surface area contributed by atoms with Gasteiger partial charge in [-0.1, -0.05) is 0 Å². The lowest BCUT2D eigenvalue weighted by atomic mass is 10.1. The number of H-pyrrole nitrogens is 1. The molecule has 0 spiro atoms. The van der Waals surface area contributed by atoms with Crippen molar-refractivity contribution >= 4 is 29.7 Å². The van der Waals surface area contributed by atoms with Crippen LogP contribution in [0.25, 0.3) is 0 Å². The molecule has 14 heteroatoms. The Labute approximate surface area is 172 Å². The van der Waals surface area contributed by atoms with E-state index in [-0.39, 0.29) is 31.9 Å². The van der Waals surface area contributed by atoms with Gasteiger partial charge in [0.05, 0.1) is 12.9 Å². The molecule has 0 radical (unpaired) electrons. The van der Waals surface area contributed by atoms with Crippen LogP contribution in [-0.2, 0) is 25.6 Å². The summed E-state index contributed by atoms with van der Waals surface area (Å²) in [5.41, 5.74) is 16.4. The van der Waals surface area contributed by atoms with Crippen LogP contribution in [0, 0.1) is 0 Å². The van der Waals surface area contributed by atoms with Gasteiger partial charge < -0.3 is 43.2 Å². The first kappa shape index (κ1) is 24.4. The fraction of sp³-hybridized carbons (Fsp3) is 0.500. The standard InChI is InChI=1S/C16H27N9O5/c17-5-12(26)24-11(4-9-6-20-8-23-9)15(30)25-10(2-1-3-21-16(18)19)14(29)22-7-13(27)28/h6,8,10-11H,1-5,7,17H2,(H,20,23)(H,22,29)(H,24,26)(H,25,30)(H,27,28)(H4,18,19,21). The molecule has 166 valence electrons. The van der Waals surface area contributed by atoms with Gasteiger partial charge >= 0.3 is 5.97 Å². The molecule has 1 heterocycles. The molecule has 0 bridgehead atoms. The number of aliphatic carboxylic acids is 1. The molecule has 0 aliphatic carbocycles. The van der Waals surface area contributed by atoms with E-state index in [4.69, 9.17) is 22.3 Å². The highest BCUT2D eigenvalue weighted by atomic mass is 16.4. The summed E-state index contributed by atoms with van der Waals surface area (Å²) in [6.45, 7) is -0.725. The van der Waals surface area contributed by atoms with Crippen LogP contribution < -0.4 is 33.2 Å². The summed E-state index contributed by atoms with van der Waals surface area (Å²) in [5.74, 6) is -3.25. The van der Waals surface area contributed by atoms with Gasteiger partial charge in [0.2, 0.25) is 17.7 Å². The number of amides is 3. The molecule has 30 heavy (non-hydrogen) atoms. The summed E-state index contributed by atoms with van der Waals surface area (Å²) in [6, 6.07) is -2.10. The minimum Gasteiger partial charge on any atom is -0.480 e. The van der Waals surface area contributed by atoms with E-state index in [2.05, 4.69) is 30.9 Å². The molecule has 0 aliphatic rings. The van der Waals surface area contributed by atoms with Gasteiger partial charge in [0.1, 0.15) is 18.6 Å². The lowest BCUT2D eigenvalue weighted by Crippen LogP contribution is -2.55. The number of hydrogen-bond acceptors (Lipinski definition) is 7. The number of rotatable bonds is 13. The first-order valence-electron chi connectivity index (χ1n) is 9.04. The second kappa shape index (κ2) is 12.7. The van der Waals surface area contributed by atoms with E-state index in [9.17, 15) is 19.2 Å². The Balaban J connectivity index is 2.86. The molecule has 0 aliphatic heterocycles. The Morgan fingerprint density at radius 3 is 2.47 bits per heavy atom. The van der Waals surface area contributed by atoms with Crippen molar-refractivity contribution in [2.45, 2.75) is 31.3 Å². The van der Waals surface area contributed by atoms with Crippen molar-refractivity contribution in [2.24, 2.45) is 22.2 Å². The maximum Gasteiger partial charge on any atom is 0.322 e. The van der Waals surface area contributed by atoms with Crippen LogP contribution in [0.1, 0.15) is 18.5 Å². The molecule has 1 aromatic heterocycles. The van der Waals surface area contributed by atoms with Gasteiger partial charge in [0.15, 0.2) is 5.96 Å². The molecule has 2 atom stereocenters. The van der Waals surface area contributed by atoms with Crippen LogP contribution >= 0.6 is 0 Å². The summed E-state index contributed by atoms with van der Waals surface area (Å²) >= 11 is 0. The largest absolute Gasteiger partial charge is 0.480 e. The second-order valence-electron chi connectivity index (χ2n) is 6.23. The van der Waals surface area contributed by atoms with Crippen molar-refractivity contribution in [3.8, 4) is 0 Å². The van der Waals surface area contributed by atoms with Gasteiger partial charge in [-0.25, -0.2) is 4.98 Å². The highest BCUT2D eigenvalue weighted by molar-refractivity contribution is 5.93. The van der Waals surface area contributed by atoms with Crippen molar-refractivity contribution in [1.29, 1.82) is 0 Å². The van der Waals surface area contributed by atoms with Crippen LogP contribution in [0.4, 0.5) is 0 Å². The van der Waals surface area contributed by atoms with Crippen molar-refractivity contribution in [3.63, 3.8) is 0 Å². The first-order chi connectivity index (χ1) is 14.2. The van der Waals surface area contributed by atoms with Crippen LogP contribution in [-0.4, -0.2) is 76.4 Å². The minimum atomic E-state index is -1.23. The number of hydrogen-bond donors (Lipinski definition) is 8. The number of carboxylic acids is 1. The minimum absolute atomic E-state index is 0.0784. The van der Waals surface area contributed by atoms with Crippen molar-refractivity contribution in [2.75, 3.05) is 19.6 Å². The third-order valence-electron chi connectivity index (χ3n) is 3.81. The van der Waals surface area contributed by atoms with Crippen LogP contribution in [0.15, 0.2) is 17.5 Å². The summed E-state index contributed by atoms with van der Waals surface area (Å²) in [4.78, 5) is 58.0. The van der Waals surface area contributed by atoms with E-state index in [0.29, 0.717) is 12.1 Å². The summed E-state index contributed by atoms with van der Waals surface area (Å²) in [6.07, 6.45) is 3.45. The third kappa shape index (κ3) is 9.50. The molecule has 14 nitrogen and oxygen atoms in total.